The van der Waals surface area contributed by atoms with E-state index in [1.54, 1.807) is 17.9 Å². The number of hydrogen-bond donors (Lipinski definition) is 4. The molecule has 162 valence electrons. The first-order valence-electron chi connectivity index (χ1n) is 10.2. The van der Waals surface area contributed by atoms with Crippen LogP contribution in [0.2, 0.25) is 0 Å². The van der Waals surface area contributed by atoms with Gasteiger partial charge in [0, 0.05) is 42.1 Å². The van der Waals surface area contributed by atoms with Gasteiger partial charge in [0.25, 0.3) is 0 Å². The van der Waals surface area contributed by atoms with E-state index in [9.17, 15) is 15.0 Å². The molecule has 2 aliphatic rings. The third kappa shape index (κ3) is 3.19. The highest BCUT2D eigenvalue weighted by Gasteiger charge is 2.75. The normalized spacial score (nSPS) is 29.0. The highest BCUT2D eigenvalue weighted by molar-refractivity contribution is 14.1. The molecule has 10 heteroatoms. The van der Waals surface area contributed by atoms with Crippen LogP contribution in [0.5, 0.6) is 0 Å². The molecule has 1 aromatic carbocycles. The molecule has 3 aromatic rings. The van der Waals surface area contributed by atoms with Crippen LogP contribution < -0.4 is 10.6 Å². The number of benzene rings is 1. The summed E-state index contributed by atoms with van der Waals surface area (Å²) in [4.78, 5) is 26.0. The van der Waals surface area contributed by atoms with Gasteiger partial charge in [0.05, 0.1) is 23.9 Å². The molecule has 0 bridgehead atoms. The number of amides is 1. The van der Waals surface area contributed by atoms with Crippen LogP contribution in [0.25, 0.3) is 11.2 Å². The fraction of sp³-hybridized carbons (Fsp3) is 0.429. The number of carbonyl (C=O) groups is 1. The van der Waals surface area contributed by atoms with Gasteiger partial charge in [-0.15, -0.1) is 0 Å². The number of imidazole rings is 1. The summed E-state index contributed by atoms with van der Waals surface area (Å²) in [5.74, 6) is 0.228. The molecule has 2 saturated carbocycles. The maximum Gasteiger partial charge on any atom is 0.229 e. The Morgan fingerprint density at radius 3 is 2.81 bits per heavy atom. The summed E-state index contributed by atoms with van der Waals surface area (Å²) >= 11 is 2.06. The van der Waals surface area contributed by atoms with Crippen LogP contribution in [0, 0.1) is 15.2 Å². The number of aliphatic hydroxyl groups is 2. The molecule has 1 amide bonds. The molecule has 5 atom stereocenters. The second kappa shape index (κ2) is 7.68. The van der Waals surface area contributed by atoms with Crippen LogP contribution >= 0.6 is 22.6 Å². The van der Waals surface area contributed by atoms with Crippen LogP contribution in [0.3, 0.4) is 0 Å². The largest absolute Gasteiger partial charge is 0.389 e. The molecule has 2 aliphatic carbocycles. The van der Waals surface area contributed by atoms with Gasteiger partial charge in [-0.25, -0.2) is 15.0 Å². The fourth-order valence-corrected chi connectivity index (χ4v) is 5.46. The number of fused-ring (bicyclic) bond motifs is 2. The Kier molecular flexibility index (Phi) is 5.10. The van der Waals surface area contributed by atoms with E-state index in [1.165, 1.54) is 5.56 Å². The van der Waals surface area contributed by atoms with Crippen molar-refractivity contribution in [1.29, 1.82) is 0 Å². The molecule has 9 nitrogen and oxygen atoms in total. The van der Waals surface area contributed by atoms with Gasteiger partial charge < -0.3 is 25.4 Å². The number of aromatic nitrogens is 4. The van der Waals surface area contributed by atoms with Crippen molar-refractivity contribution in [3.05, 3.63) is 46.1 Å². The third-order valence-electron chi connectivity index (χ3n) is 6.59. The first-order valence-corrected chi connectivity index (χ1v) is 11.3. The van der Waals surface area contributed by atoms with E-state index in [0.29, 0.717) is 33.8 Å². The molecule has 0 aliphatic heterocycles. The number of carbonyl (C=O) groups excluding carboxylic acids is 1. The maximum atomic E-state index is 12.4. The zero-order valence-electron chi connectivity index (χ0n) is 16.9. The van der Waals surface area contributed by atoms with Crippen LogP contribution in [-0.4, -0.2) is 61.4 Å². The maximum absolute atomic E-state index is 12.4. The molecule has 2 unspecified atom stereocenters. The molecule has 4 N–H and O–H groups in total. The molecular weight excluding hydrogens is 511 g/mol. The summed E-state index contributed by atoms with van der Waals surface area (Å²) in [6.07, 6.45) is 0.796. The van der Waals surface area contributed by atoms with Crippen molar-refractivity contribution in [2.24, 2.45) is 11.3 Å². The Bertz CT molecular complexity index is 1140. The molecule has 2 fully saturated rings. The van der Waals surface area contributed by atoms with E-state index < -0.39 is 23.7 Å². The van der Waals surface area contributed by atoms with Crippen molar-refractivity contribution >= 4 is 45.5 Å². The van der Waals surface area contributed by atoms with Crippen LogP contribution in [0.1, 0.15) is 18.0 Å². The van der Waals surface area contributed by atoms with Gasteiger partial charge in [0.2, 0.25) is 5.91 Å². The van der Waals surface area contributed by atoms with Crippen molar-refractivity contribution in [1.82, 2.24) is 24.8 Å². The first kappa shape index (κ1) is 20.6. The molecule has 0 saturated heterocycles. The van der Waals surface area contributed by atoms with Crippen molar-refractivity contribution in [3.8, 4) is 0 Å². The third-order valence-corrected chi connectivity index (χ3v) is 7.07. The minimum absolute atomic E-state index is 0.169. The van der Waals surface area contributed by atoms with Crippen molar-refractivity contribution in [2.75, 3.05) is 18.9 Å². The second-order valence-electron chi connectivity index (χ2n) is 8.18. The average molecular weight is 534 g/mol. The van der Waals surface area contributed by atoms with Gasteiger partial charge in [0.1, 0.15) is 6.10 Å². The quantitative estimate of drug-likeness (QED) is 0.276. The Labute approximate surface area is 192 Å². The molecule has 5 rings (SSSR count). The number of aliphatic hydroxyl groups excluding tert-OH is 2. The SMILES string of the molecule is CNC(=O)[C@]12CC1[C@@H](n1cnc3c(NCCc4ccccc4)nc(I)nc31)[C@H](O)C2O. The lowest BCUT2D eigenvalue weighted by molar-refractivity contribution is -0.132. The lowest BCUT2D eigenvalue weighted by Gasteiger charge is -2.23. The van der Waals surface area contributed by atoms with Crippen LogP contribution in [-0.2, 0) is 11.2 Å². The highest BCUT2D eigenvalue weighted by atomic mass is 127. The minimum atomic E-state index is -1.12. The van der Waals surface area contributed by atoms with Gasteiger partial charge >= 0.3 is 0 Å². The van der Waals surface area contributed by atoms with Crippen molar-refractivity contribution in [2.45, 2.75) is 31.1 Å². The lowest BCUT2D eigenvalue weighted by Crippen LogP contribution is -2.41. The molecule has 0 spiro atoms. The van der Waals surface area contributed by atoms with E-state index in [4.69, 9.17) is 0 Å². The van der Waals surface area contributed by atoms with Crippen molar-refractivity contribution in [3.63, 3.8) is 0 Å². The Balaban J connectivity index is 1.43. The monoisotopic (exact) mass is 534 g/mol. The van der Waals surface area contributed by atoms with E-state index in [1.807, 2.05) is 18.2 Å². The topological polar surface area (TPSA) is 125 Å². The number of anilines is 1. The molecule has 2 aromatic heterocycles. The van der Waals surface area contributed by atoms with E-state index in [0.717, 1.165) is 6.42 Å². The standard InChI is InChI=1S/C21H23IN6O3/c1-23-19(31)21-9-12(21)14(15(29)16(21)30)28-10-25-13-17(26-20(22)27-18(13)28)24-8-7-11-5-3-2-4-6-11/h2-6,10,12,14-16,29-30H,7-9H2,1H3,(H,23,31)(H,24,26,27)/t12?,14-,15+,16?,21-/m1/s1. The summed E-state index contributed by atoms with van der Waals surface area (Å²) in [5, 5.41) is 27.4. The van der Waals surface area contributed by atoms with Gasteiger partial charge in [-0.2, -0.15) is 0 Å². The smallest absolute Gasteiger partial charge is 0.229 e. The predicted molar refractivity (Wildman–Crippen MR) is 122 cm³/mol. The van der Waals surface area contributed by atoms with Gasteiger partial charge in [0.15, 0.2) is 20.8 Å². The number of nitrogens with zero attached hydrogens (tertiary/aromatic N) is 4. The molecular formula is C21H23IN6O3. The number of nitrogens with one attached hydrogen (secondary N) is 2. The number of halogens is 1. The predicted octanol–water partition coefficient (Wildman–Crippen LogP) is 1.11. The van der Waals surface area contributed by atoms with Crippen LogP contribution in [0.15, 0.2) is 36.7 Å². The lowest BCUT2D eigenvalue weighted by atomic mass is 9.98. The van der Waals surface area contributed by atoms with Crippen LogP contribution in [0.4, 0.5) is 5.82 Å². The van der Waals surface area contributed by atoms with E-state index in [2.05, 4.69) is 60.3 Å². The summed E-state index contributed by atoms with van der Waals surface area (Å²) in [6, 6.07) is 9.71. The molecule has 0 radical (unpaired) electrons. The Morgan fingerprint density at radius 2 is 2.06 bits per heavy atom. The first-order chi connectivity index (χ1) is 15.0. The fourth-order valence-electron chi connectivity index (χ4n) is 4.99. The minimum Gasteiger partial charge on any atom is -0.389 e. The summed E-state index contributed by atoms with van der Waals surface area (Å²) in [6.45, 7) is 0.687. The average Bonchev–Trinajstić information content (AvgIpc) is 3.31. The zero-order chi connectivity index (χ0) is 21.8. The second-order valence-corrected chi connectivity index (χ2v) is 9.15. The Morgan fingerprint density at radius 1 is 1.29 bits per heavy atom. The molecule has 31 heavy (non-hydrogen) atoms. The Hall–Kier alpha value is -2.31. The van der Waals surface area contributed by atoms with E-state index in [-0.39, 0.29) is 11.8 Å². The highest BCUT2D eigenvalue weighted by Crippen LogP contribution is 2.67. The van der Waals surface area contributed by atoms with Crippen molar-refractivity contribution < 1.29 is 15.0 Å². The summed E-state index contributed by atoms with van der Waals surface area (Å²) in [5.41, 5.74) is 1.47. The molecule has 2 heterocycles. The van der Waals surface area contributed by atoms with Gasteiger partial charge in [-0.05, 0) is 18.4 Å². The van der Waals surface area contributed by atoms with E-state index >= 15 is 0 Å². The number of hydrogen-bond acceptors (Lipinski definition) is 7. The summed E-state index contributed by atoms with van der Waals surface area (Å²) < 4.78 is 2.34. The number of rotatable bonds is 6. The van der Waals surface area contributed by atoms with Gasteiger partial charge in [-0.3, -0.25) is 4.79 Å². The van der Waals surface area contributed by atoms with Gasteiger partial charge in [-0.1, -0.05) is 30.3 Å². The zero-order valence-corrected chi connectivity index (χ0v) is 19.0. The summed E-state index contributed by atoms with van der Waals surface area (Å²) in [7, 11) is 1.55.